The first-order valence-corrected chi connectivity index (χ1v) is 5.24. The zero-order chi connectivity index (χ0) is 10.1. The summed E-state index contributed by atoms with van der Waals surface area (Å²) in [6.45, 7) is 7.43. The van der Waals surface area contributed by atoms with Gasteiger partial charge in [-0.2, -0.15) is 4.98 Å². The molecule has 0 aromatic carbocycles. The lowest BCUT2D eigenvalue weighted by molar-refractivity contribution is 0.170. The molecule has 4 nitrogen and oxygen atoms in total. The Morgan fingerprint density at radius 1 is 1.50 bits per heavy atom. The van der Waals surface area contributed by atoms with Crippen molar-refractivity contribution in [2.45, 2.75) is 45.7 Å². The molecule has 0 N–H and O–H groups in total. The van der Waals surface area contributed by atoms with Gasteiger partial charge in [-0.15, -0.1) is 0 Å². The molecule has 0 unspecified atom stereocenters. The summed E-state index contributed by atoms with van der Waals surface area (Å²) in [5.41, 5.74) is 0. The van der Waals surface area contributed by atoms with Gasteiger partial charge < -0.3 is 4.52 Å². The van der Waals surface area contributed by atoms with Crippen LogP contribution in [0.4, 0.5) is 0 Å². The van der Waals surface area contributed by atoms with Gasteiger partial charge in [-0.1, -0.05) is 5.16 Å². The fourth-order valence-corrected chi connectivity index (χ4v) is 2.12. The molecule has 4 heteroatoms. The van der Waals surface area contributed by atoms with E-state index in [0.717, 1.165) is 24.7 Å². The third-order valence-corrected chi connectivity index (χ3v) is 2.79. The molecule has 1 fully saturated rings. The summed E-state index contributed by atoms with van der Waals surface area (Å²) in [7, 11) is 0. The van der Waals surface area contributed by atoms with Crippen molar-refractivity contribution in [1.29, 1.82) is 0 Å². The van der Waals surface area contributed by atoms with Crippen LogP contribution in [0, 0.1) is 6.92 Å². The molecule has 14 heavy (non-hydrogen) atoms. The highest BCUT2D eigenvalue weighted by molar-refractivity contribution is 4.96. The van der Waals surface area contributed by atoms with Gasteiger partial charge in [0.25, 0.3) is 0 Å². The van der Waals surface area contributed by atoms with Crippen LogP contribution in [0.3, 0.4) is 0 Å². The molecule has 2 heterocycles. The van der Waals surface area contributed by atoms with Crippen LogP contribution < -0.4 is 0 Å². The summed E-state index contributed by atoms with van der Waals surface area (Å²) in [5, 5.41) is 3.84. The molecule has 1 aliphatic heterocycles. The fraction of sp³-hybridized carbons (Fsp3) is 0.800. The van der Waals surface area contributed by atoms with E-state index in [2.05, 4.69) is 28.9 Å². The molecule has 1 aliphatic rings. The van der Waals surface area contributed by atoms with Crippen molar-refractivity contribution in [3.05, 3.63) is 11.7 Å². The summed E-state index contributed by atoms with van der Waals surface area (Å²) in [6.07, 6.45) is 2.37. The topological polar surface area (TPSA) is 42.2 Å². The standard InChI is InChI=1S/C10H17N3O/c1-7(2)13-6-4-5-9(13)10-11-8(3)12-14-10/h7,9H,4-6H2,1-3H3/t9-/m1/s1. The molecular weight excluding hydrogens is 178 g/mol. The lowest BCUT2D eigenvalue weighted by Crippen LogP contribution is -2.30. The molecule has 1 saturated heterocycles. The van der Waals surface area contributed by atoms with Gasteiger partial charge in [-0.05, 0) is 40.2 Å². The Hall–Kier alpha value is -0.900. The van der Waals surface area contributed by atoms with E-state index in [1.807, 2.05) is 6.92 Å². The van der Waals surface area contributed by atoms with E-state index in [-0.39, 0.29) is 0 Å². The number of nitrogens with zero attached hydrogens (tertiary/aromatic N) is 3. The summed E-state index contributed by atoms with van der Waals surface area (Å²) in [6, 6.07) is 0.894. The van der Waals surface area contributed by atoms with Crippen molar-refractivity contribution in [3.8, 4) is 0 Å². The Morgan fingerprint density at radius 3 is 2.86 bits per heavy atom. The van der Waals surface area contributed by atoms with Gasteiger partial charge in [0.1, 0.15) is 0 Å². The van der Waals surface area contributed by atoms with Gasteiger partial charge in [0.05, 0.1) is 6.04 Å². The summed E-state index contributed by atoms with van der Waals surface area (Å²) in [5.74, 6) is 1.52. The van der Waals surface area contributed by atoms with Crippen molar-refractivity contribution < 1.29 is 4.52 Å². The van der Waals surface area contributed by atoms with E-state index < -0.39 is 0 Å². The molecule has 0 spiro atoms. The van der Waals surface area contributed by atoms with E-state index in [1.165, 1.54) is 6.42 Å². The first kappa shape index (κ1) is 9.65. The molecule has 2 rings (SSSR count). The Kier molecular flexibility index (Phi) is 2.54. The van der Waals surface area contributed by atoms with Crippen molar-refractivity contribution in [2.75, 3.05) is 6.54 Å². The molecule has 0 radical (unpaired) electrons. The lowest BCUT2D eigenvalue weighted by Gasteiger charge is -2.25. The second-order valence-electron chi connectivity index (χ2n) is 4.17. The predicted octanol–water partition coefficient (Wildman–Crippen LogP) is 1.92. The first-order valence-electron chi connectivity index (χ1n) is 5.24. The van der Waals surface area contributed by atoms with Gasteiger partial charge in [-0.3, -0.25) is 4.90 Å². The van der Waals surface area contributed by atoms with Crippen molar-refractivity contribution in [3.63, 3.8) is 0 Å². The zero-order valence-corrected chi connectivity index (χ0v) is 9.03. The second kappa shape index (κ2) is 3.69. The minimum atomic E-state index is 0.344. The maximum atomic E-state index is 5.23. The monoisotopic (exact) mass is 195 g/mol. The average Bonchev–Trinajstić information content (AvgIpc) is 2.70. The maximum absolute atomic E-state index is 5.23. The predicted molar refractivity (Wildman–Crippen MR) is 52.9 cm³/mol. The smallest absolute Gasteiger partial charge is 0.243 e. The van der Waals surface area contributed by atoms with Crippen LogP contribution in [0.2, 0.25) is 0 Å². The van der Waals surface area contributed by atoms with Gasteiger partial charge in [0, 0.05) is 6.04 Å². The molecule has 0 bridgehead atoms. The minimum absolute atomic E-state index is 0.344. The summed E-state index contributed by atoms with van der Waals surface area (Å²) < 4.78 is 5.23. The van der Waals surface area contributed by atoms with Gasteiger partial charge in [0.2, 0.25) is 5.89 Å². The fourth-order valence-electron chi connectivity index (χ4n) is 2.12. The number of likely N-dealkylation sites (tertiary alicyclic amines) is 1. The highest BCUT2D eigenvalue weighted by Gasteiger charge is 2.31. The highest BCUT2D eigenvalue weighted by atomic mass is 16.5. The molecule has 0 saturated carbocycles. The SMILES string of the molecule is Cc1noc([C@H]2CCCN2C(C)C)n1. The molecule has 0 aliphatic carbocycles. The first-order chi connectivity index (χ1) is 6.68. The molecule has 1 aromatic heterocycles. The maximum Gasteiger partial charge on any atom is 0.243 e. The molecular formula is C10H17N3O. The normalized spacial score (nSPS) is 23.6. The lowest BCUT2D eigenvalue weighted by atomic mass is 10.2. The quantitative estimate of drug-likeness (QED) is 0.723. The van der Waals surface area contributed by atoms with E-state index in [4.69, 9.17) is 4.52 Å². The number of aromatic nitrogens is 2. The van der Waals surface area contributed by atoms with Crippen LogP contribution in [0.1, 0.15) is 44.4 Å². The van der Waals surface area contributed by atoms with Gasteiger partial charge in [0.15, 0.2) is 5.82 Å². The van der Waals surface area contributed by atoms with Gasteiger partial charge >= 0.3 is 0 Å². The molecule has 1 atom stereocenters. The molecule has 78 valence electrons. The van der Waals surface area contributed by atoms with Crippen LogP contribution in [0.25, 0.3) is 0 Å². The second-order valence-corrected chi connectivity index (χ2v) is 4.17. The van der Waals surface area contributed by atoms with Crippen LogP contribution in [-0.2, 0) is 0 Å². The minimum Gasteiger partial charge on any atom is -0.338 e. The van der Waals surface area contributed by atoms with Crippen LogP contribution in [0.5, 0.6) is 0 Å². The third kappa shape index (κ3) is 1.66. The number of rotatable bonds is 2. The Bertz CT molecular complexity index is 308. The van der Waals surface area contributed by atoms with Crippen LogP contribution in [0.15, 0.2) is 4.52 Å². The van der Waals surface area contributed by atoms with Crippen LogP contribution in [-0.4, -0.2) is 27.6 Å². The number of hydrogen-bond acceptors (Lipinski definition) is 4. The van der Waals surface area contributed by atoms with Crippen molar-refractivity contribution >= 4 is 0 Å². The molecule has 0 amide bonds. The van der Waals surface area contributed by atoms with E-state index >= 15 is 0 Å². The van der Waals surface area contributed by atoms with Crippen LogP contribution >= 0.6 is 0 Å². The van der Waals surface area contributed by atoms with Gasteiger partial charge in [-0.25, -0.2) is 0 Å². The Morgan fingerprint density at radius 2 is 2.29 bits per heavy atom. The zero-order valence-electron chi connectivity index (χ0n) is 9.03. The van der Waals surface area contributed by atoms with Crippen molar-refractivity contribution in [2.24, 2.45) is 0 Å². The summed E-state index contributed by atoms with van der Waals surface area (Å²) >= 11 is 0. The Labute approximate surface area is 84.3 Å². The summed E-state index contributed by atoms with van der Waals surface area (Å²) in [4.78, 5) is 6.73. The molecule has 1 aromatic rings. The van der Waals surface area contributed by atoms with E-state index in [9.17, 15) is 0 Å². The van der Waals surface area contributed by atoms with E-state index in [1.54, 1.807) is 0 Å². The average molecular weight is 195 g/mol. The van der Waals surface area contributed by atoms with Crippen molar-refractivity contribution in [1.82, 2.24) is 15.0 Å². The largest absolute Gasteiger partial charge is 0.338 e. The third-order valence-electron chi connectivity index (χ3n) is 2.79. The Balaban J connectivity index is 2.17. The highest BCUT2D eigenvalue weighted by Crippen LogP contribution is 2.32. The number of hydrogen-bond donors (Lipinski definition) is 0. The number of aryl methyl sites for hydroxylation is 1. The van der Waals surface area contributed by atoms with E-state index in [0.29, 0.717) is 12.1 Å².